The molecule has 0 spiro atoms. The van der Waals surface area contributed by atoms with Crippen molar-refractivity contribution in [1.29, 1.82) is 0 Å². The maximum Gasteiger partial charge on any atom is 0.260 e. The number of nitrogens with one attached hydrogen (secondary N) is 1. The summed E-state index contributed by atoms with van der Waals surface area (Å²) in [6.07, 6.45) is 5.26. The normalized spacial score (nSPS) is 16.8. The number of hydrogen-bond donors (Lipinski definition) is 1. The minimum Gasteiger partial charge on any atom is -0.292 e. The van der Waals surface area contributed by atoms with Crippen LogP contribution in [0.15, 0.2) is 35.3 Å². The predicted octanol–water partition coefficient (Wildman–Crippen LogP) is 1.19. The van der Waals surface area contributed by atoms with Gasteiger partial charge in [-0.3, -0.25) is 14.2 Å². The summed E-state index contributed by atoms with van der Waals surface area (Å²) in [6, 6.07) is 7.16. The molecule has 5 heteroatoms. The monoisotopic (exact) mass is 244 g/mol. The fourth-order valence-electron chi connectivity index (χ4n) is 2.24. The van der Waals surface area contributed by atoms with Gasteiger partial charge in [-0.15, -0.1) is 0 Å². The highest BCUT2D eigenvalue weighted by Gasteiger charge is 2.12. The average molecular weight is 244 g/mol. The second-order valence-corrected chi connectivity index (χ2v) is 4.50. The second-order valence-electron chi connectivity index (χ2n) is 4.50. The molecule has 0 amide bonds. The smallest absolute Gasteiger partial charge is 0.260 e. The van der Waals surface area contributed by atoms with Gasteiger partial charge in [-0.2, -0.15) is 0 Å². The highest BCUT2D eigenvalue weighted by molar-refractivity contribution is 5.47. The second kappa shape index (κ2) is 4.78. The Morgan fingerprint density at radius 3 is 3.11 bits per heavy atom. The van der Waals surface area contributed by atoms with Gasteiger partial charge in [0.2, 0.25) is 0 Å². The van der Waals surface area contributed by atoms with E-state index in [0.29, 0.717) is 11.5 Å². The predicted molar refractivity (Wildman–Crippen MR) is 70.7 cm³/mol. The lowest BCUT2D eigenvalue weighted by molar-refractivity contribution is 0.652. The zero-order valence-electron chi connectivity index (χ0n) is 10.2. The van der Waals surface area contributed by atoms with E-state index < -0.39 is 0 Å². The Morgan fingerprint density at radius 2 is 2.17 bits per heavy atom. The lowest BCUT2D eigenvalue weighted by Gasteiger charge is -2.22. The first kappa shape index (κ1) is 11.2. The molecule has 0 unspecified atom stereocenters. The Balaban J connectivity index is 2.04. The van der Waals surface area contributed by atoms with E-state index in [1.54, 1.807) is 16.7 Å². The summed E-state index contributed by atoms with van der Waals surface area (Å²) in [7, 11) is 0. The molecule has 0 radical (unpaired) electrons. The van der Waals surface area contributed by atoms with Crippen molar-refractivity contribution >= 4 is 11.5 Å². The van der Waals surface area contributed by atoms with Crippen molar-refractivity contribution in [3.05, 3.63) is 40.8 Å². The van der Waals surface area contributed by atoms with Gasteiger partial charge in [0.25, 0.3) is 5.56 Å². The highest BCUT2D eigenvalue weighted by Crippen LogP contribution is 2.11. The van der Waals surface area contributed by atoms with Gasteiger partial charge in [0.05, 0.1) is 0 Å². The molecule has 1 saturated heterocycles. The van der Waals surface area contributed by atoms with Gasteiger partial charge < -0.3 is 0 Å². The first-order chi connectivity index (χ1) is 8.84. The van der Waals surface area contributed by atoms with Crippen molar-refractivity contribution < 1.29 is 0 Å². The van der Waals surface area contributed by atoms with E-state index in [2.05, 4.69) is 10.4 Å². The molecule has 94 valence electrons. The number of hydrogen-bond acceptors (Lipinski definition) is 4. The van der Waals surface area contributed by atoms with Crippen molar-refractivity contribution in [2.45, 2.75) is 19.3 Å². The van der Waals surface area contributed by atoms with Crippen LogP contribution in [0.25, 0.3) is 5.65 Å². The zero-order chi connectivity index (χ0) is 12.4. The van der Waals surface area contributed by atoms with Crippen LogP contribution in [-0.2, 0) is 0 Å². The van der Waals surface area contributed by atoms with Crippen LogP contribution < -0.4 is 16.0 Å². The molecule has 3 rings (SSSR count). The molecular formula is C13H16N4O. The molecule has 0 atom stereocenters. The number of hydrazine groups is 1. The van der Waals surface area contributed by atoms with Crippen LogP contribution in [0.3, 0.4) is 0 Å². The fourth-order valence-corrected chi connectivity index (χ4v) is 2.24. The van der Waals surface area contributed by atoms with Crippen LogP contribution in [0.5, 0.6) is 0 Å². The summed E-state index contributed by atoms with van der Waals surface area (Å²) in [5, 5.41) is 1.99. The number of pyridine rings is 1. The van der Waals surface area contributed by atoms with Crippen LogP contribution in [0, 0.1) is 0 Å². The SMILES string of the molecule is O=c1cc(N2CCCCCN2)nc2ccccn12. The maximum absolute atomic E-state index is 12.0. The van der Waals surface area contributed by atoms with Gasteiger partial charge in [-0.25, -0.2) is 10.4 Å². The molecule has 18 heavy (non-hydrogen) atoms. The molecule has 0 aromatic carbocycles. The number of rotatable bonds is 1. The molecule has 0 bridgehead atoms. The van der Waals surface area contributed by atoms with E-state index in [-0.39, 0.29) is 5.56 Å². The summed E-state index contributed by atoms with van der Waals surface area (Å²) < 4.78 is 1.56. The summed E-state index contributed by atoms with van der Waals surface area (Å²) in [5.74, 6) is 0.716. The fraction of sp³-hybridized carbons (Fsp3) is 0.385. The third-order valence-electron chi connectivity index (χ3n) is 3.20. The van der Waals surface area contributed by atoms with Crippen molar-refractivity contribution in [2.24, 2.45) is 0 Å². The summed E-state index contributed by atoms with van der Waals surface area (Å²) in [6.45, 7) is 1.84. The molecule has 5 nitrogen and oxygen atoms in total. The number of anilines is 1. The standard InChI is InChI=1S/C13H16N4O/c18-13-10-12(17-9-4-1-3-7-14-17)15-11-6-2-5-8-16(11)13/h2,5-6,8,10,14H,1,3-4,7,9H2. The average Bonchev–Trinajstić information content (AvgIpc) is 2.67. The van der Waals surface area contributed by atoms with Crippen LogP contribution >= 0.6 is 0 Å². The minimum absolute atomic E-state index is 0.0401. The summed E-state index contributed by atoms with van der Waals surface area (Å²) in [4.78, 5) is 16.5. The third-order valence-corrected chi connectivity index (χ3v) is 3.20. The largest absolute Gasteiger partial charge is 0.292 e. The van der Waals surface area contributed by atoms with E-state index in [1.807, 2.05) is 23.2 Å². The first-order valence-corrected chi connectivity index (χ1v) is 6.34. The van der Waals surface area contributed by atoms with Gasteiger partial charge in [0.15, 0.2) is 5.82 Å². The zero-order valence-corrected chi connectivity index (χ0v) is 10.2. The van der Waals surface area contributed by atoms with E-state index in [9.17, 15) is 4.79 Å². The number of aromatic nitrogens is 2. The summed E-state index contributed by atoms with van der Waals surface area (Å²) in [5.41, 5.74) is 3.96. The minimum atomic E-state index is -0.0401. The number of nitrogens with zero attached hydrogens (tertiary/aromatic N) is 3. The van der Waals surface area contributed by atoms with E-state index in [0.717, 1.165) is 19.5 Å². The summed E-state index contributed by atoms with van der Waals surface area (Å²) >= 11 is 0. The van der Waals surface area contributed by atoms with Crippen molar-refractivity contribution in [3.63, 3.8) is 0 Å². The Hall–Kier alpha value is -1.88. The molecule has 2 aromatic heterocycles. The van der Waals surface area contributed by atoms with E-state index in [1.165, 1.54) is 12.8 Å². The maximum atomic E-state index is 12.0. The Morgan fingerprint density at radius 1 is 1.22 bits per heavy atom. The number of fused-ring (bicyclic) bond motifs is 1. The Bertz CT molecular complexity index is 599. The molecule has 0 saturated carbocycles. The lowest BCUT2D eigenvalue weighted by Crippen LogP contribution is -2.39. The molecule has 1 aliphatic heterocycles. The van der Waals surface area contributed by atoms with Crippen LogP contribution in [-0.4, -0.2) is 22.5 Å². The third kappa shape index (κ3) is 2.09. The molecule has 1 aliphatic rings. The topological polar surface area (TPSA) is 49.6 Å². The van der Waals surface area contributed by atoms with Gasteiger partial charge in [-0.1, -0.05) is 12.5 Å². The van der Waals surface area contributed by atoms with Crippen molar-refractivity contribution in [1.82, 2.24) is 14.8 Å². The molecule has 3 heterocycles. The van der Waals surface area contributed by atoms with E-state index in [4.69, 9.17) is 0 Å². The Labute approximate surface area is 105 Å². The van der Waals surface area contributed by atoms with Gasteiger partial charge in [-0.05, 0) is 25.0 Å². The van der Waals surface area contributed by atoms with Gasteiger partial charge in [0, 0.05) is 25.4 Å². The van der Waals surface area contributed by atoms with Crippen LogP contribution in [0.4, 0.5) is 5.82 Å². The van der Waals surface area contributed by atoms with Crippen LogP contribution in [0.1, 0.15) is 19.3 Å². The molecule has 1 N–H and O–H groups in total. The Kier molecular flexibility index (Phi) is 2.98. The van der Waals surface area contributed by atoms with Crippen molar-refractivity contribution in [3.8, 4) is 0 Å². The molecule has 0 aliphatic carbocycles. The lowest BCUT2D eigenvalue weighted by atomic mass is 10.2. The first-order valence-electron chi connectivity index (χ1n) is 6.34. The molecule has 1 fully saturated rings. The van der Waals surface area contributed by atoms with Crippen molar-refractivity contribution in [2.75, 3.05) is 18.1 Å². The highest BCUT2D eigenvalue weighted by atomic mass is 16.1. The molecular weight excluding hydrogens is 228 g/mol. The van der Waals surface area contributed by atoms with Gasteiger partial charge >= 0.3 is 0 Å². The quantitative estimate of drug-likeness (QED) is 0.818. The molecule has 2 aromatic rings. The van der Waals surface area contributed by atoms with E-state index >= 15 is 0 Å². The van der Waals surface area contributed by atoms with Gasteiger partial charge in [0.1, 0.15) is 5.65 Å². The van der Waals surface area contributed by atoms with Crippen LogP contribution in [0.2, 0.25) is 0 Å².